The van der Waals surface area contributed by atoms with Crippen molar-refractivity contribution in [3.8, 4) is 11.1 Å². The smallest absolute Gasteiger partial charge is 0.0149 e. The van der Waals surface area contributed by atoms with Gasteiger partial charge in [0.25, 0.3) is 0 Å². The maximum Gasteiger partial charge on any atom is -0.0149 e. The lowest BCUT2D eigenvalue weighted by molar-refractivity contribution is 1.22. The molecule has 0 atom stereocenters. The first kappa shape index (κ1) is 13.9. The van der Waals surface area contributed by atoms with E-state index < -0.39 is 0 Å². The molecular formula is C21H22. The molecule has 3 aromatic carbocycles. The van der Waals surface area contributed by atoms with Gasteiger partial charge in [0.2, 0.25) is 0 Å². The Morgan fingerprint density at radius 2 is 1.29 bits per heavy atom. The molecule has 0 saturated carbocycles. The van der Waals surface area contributed by atoms with Gasteiger partial charge in [0.1, 0.15) is 0 Å². The quantitative estimate of drug-likeness (QED) is 0.507. The second-order valence-corrected chi connectivity index (χ2v) is 6.18. The van der Waals surface area contributed by atoms with Crippen LogP contribution < -0.4 is 0 Å². The lowest BCUT2D eigenvalue weighted by atomic mass is 9.90. The van der Waals surface area contributed by atoms with Crippen molar-refractivity contribution in [1.82, 2.24) is 0 Å². The van der Waals surface area contributed by atoms with Gasteiger partial charge in [0.15, 0.2) is 0 Å². The zero-order valence-corrected chi connectivity index (χ0v) is 13.5. The molecule has 0 fully saturated rings. The average Bonchev–Trinajstić information content (AvgIpc) is 2.48. The SMILES string of the molecule is Cc1ccc2ccc(-c3cc(C)c(C)c(C)c3C)cc2c1. The first-order valence-electron chi connectivity index (χ1n) is 7.55. The molecule has 3 rings (SSSR count). The molecule has 0 aliphatic heterocycles. The molecule has 0 saturated heterocycles. The summed E-state index contributed by atoms with van der Waals surface area (Å²) in [4.78, 5) is 0. The molecule has 0 aromatic heterocycles. The van der Waals surface area contributed by atoms with Gasteiger partial charge in [-0.1, -0.05) is 42.0 Å². The molecule has 0 unspecified atom stereocenters. The second-order valence-electron chi connectivity index (χ2n) is 6.18. The first-order valence-corrected chi connectivity index (χ1v) is 7.55. The van der Waals surface area contributed by atoms with Crippen LogP contribution in [0, 0.1) is 34.6 Å². The Kier molecular flexibility index (Phi) is 3.33. The van der Waals surface area contributed by atoms with Crippen molar-refractivity contribution in [3.63, 3.8) is 0 Å². The van der Waals surface area contributed by atoms with E-state index in [4.69, 9.17) is 0 Å². The van der Waals surface area contributed by atoms with E-state index in [9.17, 15) is 0 Å². The predicted octanol–water partition coefficient (Wildman–Crippen LogP) is 6.05. The highest BCUT2D eigenvalue weighted by atomic mass is 14.1. The standard InChI is InChI=1S/C21H22/c1-13-6-7-18-8-9-19(12-20(18)10-13)21-11-14(2)15(3)16(4)17(21)5/h6-12H,1-5H3. The molecule has 0 radical (unpaired) electrons. The van der Waals surface area contributed by atoms with Gasteiger partial charge in [-0.05, 0) is 84.8 Å². The molecule has 0 N–H and O–H groups in total. The van der Waals surface area contributed by atoms with Crippen molar-refractivity contribution in [1.29, 1.82) is 0 Å². The van der Waals surface area contributed by atoms with Crippen LogP contribution in [0.15, 0.2) is 42.5 Å². The van der Waals surface area contributed by atoms with Crippen LogP contribution in [0.1, 0.15) is 27.8 Å². The summed E-state index contributed by atoms with van der Waals surface area (Å²) in [5, 5.41) is 2.63. The van der Waals surface area contributed by atoms with E-state index in [1.807, 2.05) is 0 Å². The lowest BCUT2D eigenvalue weighted by Gasteiger charge is -2.15. The highest BCUT2D eigenvalue weighted by Gasteiger charge is 2.09. The van der Waals surface area contributed by atoms with E-state index in [0.29, 0.717) is 0 Å². The van der Waals surface area contributed by atoms with E-state index >= 15 is 0 Å². The largest absolute Gasteiger partial charge is 0.0587 e. The van der Waals surface area contributed by atoms with Gasteiger partial charge in [-0.2, -0.15) is 0 Å². The minimum atomic E-state index is 1.31. The van der Waals surface area contributed by atoms with Crippen molar-refractivity contribution < 1.29 is 0 Å². The lowest BCUT2D eigenvalue weighted by Crippen LogP contribution is -1.94. The number of hydrogen-bond donors (Lipinski definition) is 0. The maximum absolute atomic E-state index is 2.33. The van der Waals surface area contributed by atoms with Gasteiger partial charge in [0.05, 0.1) is 0 Å². The Morgan fingerprint density at radius 3 is 2.05 bits per heavy atom. The highest BCUT2D eigenvalue weighted by Crippen LogP contribution is 2.31. The van der Waals surface area contributed by atoms with Crippen LogP contribution in [-0.2, 0) is 0 Å². The molecule has 0 bridgehead atoms. The Labute approximate surface area is 127 Å². The summed E-state index contributed by atoms with van der Waals surface area (Å²) in [7, 11) is 0. The Balaban J connectivity index is 2.25. The monoisotopic (exact) mass is 274 g/mol. The summed E-state index contributed by atoms with van der Waals surface area (Å²) in [6.45, 7) is 11.0. The molecule has 0 aliphatic rings. The molecule has 21 heavy (non-hydrogen) atoms. The molecule has 0 spiro atoms. The normalized spacial score (nSPS) is 11.1. The topological polar surface area (TPSA) is 0 Å². The fraction of sp³-hybridized carbons (Fsp3) is 0.238. The van der Waals surface area contributed by atoms with Crippen molar-refractivity contribution in [3.05, 3.63) is 70.3 Å². The van der Waals surface area contributed by atoms with Crippen LogP contribution in [0.3, 0.4) is 0 Å². The van der Waals surface area contributed by atoms with Crippen LogP contribution >= 0.6 is 0 Å². The van der Waals surface area contributed by atoms with Gasteiger partial charge in [0, 0.05) is 0 Å². The number of aryl methyl sites for hydroxylation is 2. The minimum absolute atomic E-state index is 1.31. The molecular weight excluding hydrogens is 252 g/mol. The molecule has 106 valence electrons. The van der Waals surface area contributed by atoms with Crippen molar-refractivity contribution in [2.75, 3.05) is 0 Å². The average molecular weight is 274 g/mol. The van der Waals surface area contributed by atoms with Crippen LogP contribution in [0.2, 0.25) is 0 Å². The fourth-order valence-electron chi connectivity index (χ4n) is 3.05. The van der Waals surface area contributed by atoms with Gasteiger partial charge >= 0.3 is 0 Å². The number of hydrogen-bond acceptors (Lipinski definition) is 0. The van der Waals surface area contributed by atoms with Gasteiger partial charge in [-0.15, -0.1) is 0 Å². The molecule has 0 heteroatoms. The fourth-order valence-corrected chi connectivity index (χ4v) is 3.05. The third-order valence-electron chi connectivity index (χ3n) is 4.79. The summed E-state index contributed by atoms with van der Waals surface area (Å²) >= 11 is 0. The van der Waals surface area contributed by atoms with Crippen LogP contribution in [0.5, 0.6) is 0 Å². The molecule has 0 aliphatic carbocycles. The van der Waals surface area contributed by atoms with Gasteiger partial charge in [-0.25, -0.2) is 0 Å². The van der Waals surface area contributed by atoms with Crippen molar-refractivity contribution in [2.24, 2.45) is 0 Å². The number of fused-ring (bicyclic) bond motifs is 1. The zero-order chi connectivity index (χ0) is 15.1. The third-order valence-corrected chi connectivity index (χ3v) is 4.79. The van der Waals surface area contributed by atoms with E-state index in [2.05, 4.69) is 77.1 Å². The summed E-state index contributed by atoms with van der Waals surface area (Å²) in [5.41, 5.74) is 9.58. The predicted molar refractivity (Wildman–Crippen MR) is 93.1 cm³/mol. The van der Waals surface area contributed by atoms with E-state index in [1.54, 1.807) is 0 Å². The second kappa shape index (κ2) is 5.04. The minimum Gasteiger partial charge on any atom is -0.0587 e. The van der Waals surface area contributed by atoms with Crippen LogP contribution in [-0.4, -0.2) is 0 Å². The highest BCUT2D eigenvalue weighted by molar-refractivity contribution is 5.88. The Morgan fingerprint density at radius 1 is 0.571 bits per heavy atom. The van der Waals surface area contributed by atoms with Crippen LogP contribution in [0.4, 0.5) is 0 Å². The van der Waals surface area contributed by atoms with Crippen LogP contribution in [0.25, 0.3) is 21.9 Å². The molecule has 0 amide bonds. The summed E-state index contributed by atoms with van der Waals surface area (Å²) < 4.78 is 0. The first-order chi connectivity index (χ1) is 9.97. The maximum atomic E-state index is 2.33. The number of benzene rings is 3. The number of rotatable bonds is 1. The zero-order valence-electron chi connectivity index (χ0n) is 13.5. The van der Waals surface area contributed by atoms with Gasteiger partial charge < -0.3 is 0 Å². The third kappa shape index (κ3) is 2.35. The van der Waals surface area contributed by atoms with Crippen molar-refractivity contribution >= 4 is 10.8 Å². The van der Waals surface area contributed by atoms with Crippen molar-refractivity contribution in [2.45, 2.75) is 34.6 Å². The van der Waals surface area contributed by atoms with E-state index in [-0.39, 0.29) is 0 Å². The Hall–Kier alpha value is -2.08. The van der Waals surface area contributed by atoms with E-state index in [0.717, 1.165) is 0 Å². The molecule has 0 heterocycles. The molecule has 3 aromatic rings. The van der Waals surface area contributed by atoms with Gasteiger partial charge in [-0.3, -0.25) is 0 Å². The summed E-state index contributed by atoms with van der Waals surface area (Å²) in [5.74, 6) is 0. The molecule has 0 nitrogen and oxygen atoms in total. The van der Waals surface area contributed by atoms with E-state index in [1.165, 1.54) is 49.7 Å². The Bertz CT molecular complexity index is 838. The summed E-state index contributed by atoms with van der Waals surface area (Å²) in [6.07, 6.45) is 0. The summed E-state index contributed by atoms with van der Waals surface area (Å²) in [6, 6.07) is 15.8.